The molecule has 176 valence electrons. The number of hydrogen-bond donors (Lipinski definition) is 0. The molecule has 8 aromatic rings. The standard InChI is InChI=1S/C36H22N2/c1-7-15-32-25(9-1)21-26(22-37-32)23-17-19-24(20-18-23)36-35-30-13-5-3-11-28(30)27-10-2-4-12-29(27)34(35)31-14-6-8-16-33(31)38-36/h1-22H. The summed E-state index contributed by atoms with van der Waals surface area (Å²) in [5.74, 6) is 0. The van der Waals surface area contributed by atoms with Crippen LogP contribution in [0.5, 0.6) is 0 Å². The molecule has 0 spiro atoms. The molecule has 0 amide bonds. The molecule has 0 saturated heterocycles. The van der Waals surface area contributed by atoms with Gasteiger partial charge < -0.3 is 0 Å². The van der Waals surface area contributed by atoms with Gasteiger partial charge in [-0.05, 0) is 45.3 Å². The molecule has 0 aliphatic rings. The Hall–Kier alpha value is -5.08. The summed E-state index contributed by atoms with van der Waals surface area (Å²) < 4.78 is 0. The van der Waals surface area contributed by atoms with Gasteiger partial charge in [-0.2, -0.15) is 0 Å². The lowest BCUT2D eigenvalue weighted by Crippen LogP contribution is -1.93. The minimum absolute atomic E-state index is 1.01. The summed E-state index contributed by atoms with van der Waals surface area (Å²) >= 11 is 0. The molecule has 0 N–H and O–H groups in total. The molecule has 2 nitrogen and oxygen atoms in total. The average Bonchev–Trinajstić information content (AvgIpc) is 3.00. The Morgan fingerprint density at radius 2 is 0.947 bits per heavy atom. The summed E-state index contributed by atoms with van der Waals surface area (Å²) in [4.78, 5) is 9.93. The quantitative estimate of drug-likeness (QED) is 0.229. The second kappa shape index (κ2) is 8.22. The lowest BCUT2D eigenvalue weighted by molar-refractivity contribution is 1.40. The topological polar surface area (TPSA) is 25.8 Å². The van der Waals surface area contributed by atoms with E-state index >= 15 is 0 Å². The van der Waals surface area contributed by atoms with E-state index in [4.69, 9.17) is 4.98 Å². The highest BCUT2D eigenvalue weighted by molar-refractivity contribution is 6.33. The number of benzene rings is 6. The molecule has 6 aromatic carbocycles. The first-order valence-electron chi connectivity index (χ1n) is 12.9. The van der Waals surface area contributed by atoms with Gasteiger partial charge in [0.25, 0.3) is 0 Å². The third-order valence-corrected chi connectivity index (χ3v) is 7.66. The molecule has 0 radical (unpaired) electrons. The Kier molecular flexibility index (Phi) is 4.55. The van der Waals surface area contributed by atoms with Crippen molar-refractivity contribution < 1.29 is 0 Å². The summed E-state index contributed by atoms with van der Waals surface area (Å²) in [5.41, 5.74) is 6.41. The fraction of sp³-hybridized carbons (Fsp3) is 0. The van der Waals surface area contributed by atoms with E-state index in [0.717, 1.165) is 38.8 Å². The summed E-state index contributed by atoms with van der Waals surface area (Å²) in [6, 6.07) is 45.2. The highest BCUT2D eigenvalue weighted by atomic mass is 14.7. The maximum absolute atomic E-state index is 5.26. The van der Waals surface area contributed by atoms with Gasteiger partial charge in [-0.15, -0.1) is 0 Å². The van der Waals surface area contributed by atoms with Crippen LogP contribution in [0.15, 0.2) is 134 Å². The third kappa shape index (κ3) is 3.14. The van der Waals surface area contributed by atoms with Gasteiger partial charge in [0.05, 0.1) is 16.7 Å². The van der Waals surface area contributed by atoms with Crippen LogP contribution in [-0.2, 0) is 0 Å². The van der Waals surface area contributed by atoms with E-state index in [-0.39, 0.29) is 0 Å². The minimum Gasteiger partial charge on any atom is -0.256 e. The van der Waals surface area contributed by atoms with Crippen LogP contribution in [0, 0.1) is 0 Å². The van der Waals surface area contributed by atoms with E-state index in [1.807, 2.05) is 18.3 Å². The number of para-hydroxylation sites is 2. The maximum Gasteiger partial charge on any atom is 0.0794 e. The van der Waals surface area contributed by atoms with Gasteiger partial charge in [-0.1, -0.05) is 109 Å². The van der Waals surface area contributed by atoms with Gasteiger partial charge in [0.15, 0.2) is 0 Å². The van der Waals surface area contributed by atoms with Crippen molar-refractivity contribution in [1.82, 2.24) is 9.97 Å². The zero-order chi connectivity index (χ0) is 25.1. The molecule has 0 unspecified atom stereocenters. The van der Waals surface area contributed by atoms with E-state index in [2.05, 4.69) is 120 Å². The molecule has 0 aliphatic carbocycles. The van der Waals surface area contributed by atoms with Crippen LogP contribution in [0.25, 0.3) is 76.5 Å². The van der Waals surface area contributed by atoms with Crippen LogP contribution < -0.4 is 0 Å². The second-order valence-corrected chi connectivity index (χ2v) is 9.81. The fourth-order valence-electron chi connectivity index (χ4n) is 5.88. The first-order chi connectivity index (χ1) is 18.8. The van der Waals surface area contributed by atoms with Crippen LogP contribution in [0.4, 0.5) is 0 Å². The highest BCUT2D eigenvalue weighted by Crippen LogP contribution is 2.42. The molecule has 2 heteroatoms. The fourth-order valence-corrected chi connectivity index (χ4v) is 5.88. The Morgan fingerprint density at radius 1 is 0.395 bits per heavy atom. The van der Waals surface area contributed by atoms with E-state index in [1.165, 1.54) is 37.7 Å². The molecule has 2 heterocycles. The van der Waals surface area contributed by atoms with Gasteiger partial charge in [0.2, 0.25) is 0 Å². The zero-order valence-corrected chi connectivity index (χ0v) is 20.6. The lowest BCUT2D eigenvalue weighted by atomic mass is 9.90. The van der Waals surface area contributed by atoms with Gasteiger partial charge in [0.1, 0.15) is 0 Å². The molecule has 0 aliphatic heterocycles. The first-order valence-corrected chi connectivity index (χ1v) is 12.9. The van der Waals surface area contributed by atoms with E-state index in [9.17, 15) is 0 Å². The average molecular weight is 483 g/mol. The number of aromatic nitrogens is 2. The summed E-state index contributed by atoms with van der Waals surface area (Å²) in [6.45, 7) is 0. The predicted molar refractivity (Wildman–Crippen MR) is 160 cm³/mol. The third-order valence-electron chi connectivity index (χ3n) is 7.66. The molecule has 0 atom stereocenters. The summed E-state index contributed by atoms with van der Waals surface area (Å²) in [7, 11) is 0. The van der Waals surface area contributed by atoms with Crippen molar-refractivity contribution in [3.63, 3.8) is 0 Å². The van der Waals surface area contributed by atoms with Gasteiger partial charge in [-0.25, -0.2) is 4.98 Å². The van der Waals surface area contributed by atoms with Crippen molar-refractivity contribution in [2.75, 3.05) is 0 Å². The molecule has 0 bridgehead atoms. The van der Waals surface area contributed by atoms with Crippen LogP contribution in [0.2, 0.25) is 0 Å². The van der Waals surface area contributed by atoms with Crippen molar-refractivity contribution in [3.05, 3.63) is 134 Å². The Balaban J connectivity index is 1.42. The molecular formula is C36H22N2. The second-order valence-electron chi connectivity index (χ2n) is 9.81. The molecular weight excluding hydrogens is 460 g/mol. The van der Waals surface area contributed by atoms with E-state index in [0.29, 0.717) is 0 Å². The molecule has 8 rings (SSSR count). The highest BCUT2D eigenvalue weighted by Gasteiger charge is 2.17. The monoisotopic (exact) mass is 482 g/mol. The largest absolute Gasteiger partial charge is 0.256 e. The van der Waals surface area contributed by atoms with Crippen LogP contribution in [0.1, 0.15) is 0 Å². The Morgan fingerprint density at radius 3 is 1.68 bits per heavy atom. The number of rotatable bonds is 2. The van der Waals surface area contributed by atoms with Crippen molar-refractivity contribution in [2.45, 2.75) is 0 Å². The van der Waals surface area contributed by atoms with Crippen LogP contribution >= 0.6 is 0 Å². The molecule has 0 fully saturated rings. The number of nitrogens with zero attached hydrogens (tertiary/aromatic N) is 2. The predicted octanol–water partition coefficient (Wildman–Crippen LogP) is 9.58. The number of pyridine rings is 2. The van der Waals surface area contributed by atoms with Crippen molar-refractivity contribution in [3.8, 4) is 22.4 Å². The normalized spacial score (nSPS) is 11.7. The van der Waals surface area contributed by atoms with E-state index < -0.39 is 0 Å². The van der Waals surface area contributed by atoms with Crippen LogP contribution in [-0.4, -0.2) is 9.97 Å². The van der Waals surface area contributed by atoms with Gasteiger partial charge >= 0.3 is 0 Å². The van der Waals surface area contributed by atoms with E-state index in [1.54, 1.807) is 0 Å². The smallest absolute Gasteiger partial charge is 0.0794 e. The summed E-state index contributed by atoms with van der Waals surface area (Å²) in [6.07, 6.45) is 1.96. The SMILES string of the molecule is c1ccc2ncc(-c3ccc(-c4nc5ccccc5c5c6ccccc6c6ccccc6c45)cc3)cc2c1. The maximum atomic E-state index is 5.26. The molecule has 2 aromatic heterocycles. The van der Waals surface area contributed by atoms with Crippen LogP contribution in [0.3, 0.4) is 0 Å². The number of hydrogen-bond acceptors (Lipinski definition) is 2. The Bertz CT molecular complexity index is 2180. The zero-order valence-electron chi connectivity index (χ0n) is 20.6. The lowest BCUT2D eigenvalue weighted by Gasteiger charge is -2.16. The minimum atomic E-state index is 1.01. The Labute approximate surface area is 219 Å². The number of fused-ring (bicyclic) bond motifs is 9. The molecule has 38 heavy (non-hydrogen) atoms. The van der Waals surface area contributed by atoms with Crippen molar-refractivity contribution in [2.24, 2.45) is 0 Å². The molecule has 0 saturated carbocycles. The first kappa shape index (κ1) is 21.0. The van der Waals surface area contributed by atoms with Gasteiger partial charge in [-0.3, -0.25) is 4.98 Å². The van der Waals surface area contributed by atoms with Crippen molar-refractivity contribution >= 4 is 54.1 Å². The summed E-state index contributed by atoms with van der Waals surface area (Å²) in [5, 5.41) is 9.84. The van der Waals surface area contributed by atoms with Crippen molar-refractivity contribution in [1.29, 1.82) is 0 Å². The van der Waals surface area contributed by atoms with Gasteiger partial charge in [0, 0.05) is 38.9 Å².